The van der Waals surface area contributed by atoms with E-state index in [9.17, 15) is 22.4 Å². The Bertz CT molecular complexity index is 1260. The minimum atomic E-state index is -3.94. The third-order valence-corrected chi connectivity index (χ3v) is 5.59. The number of rotatable bonds is 6. The van der Waals surface area contributed by atoms with Crippen molar-refractivity contribution >= 4 is 38.9 Å². The van der Waals surface area contributed by atoms with Gasteiger partial charge in [-0.25, -0.2) is 12.8 Å². The van der Waals surface area contributed by atoms with Gasteiger partial charge in [0.2, 0.25) is 5.91 Å². The Morgan fingerprint density at radius 1 is 0.871 bits per heavy atom. The second-order valence-electron chi connectivity index (χ2n) is 6.83. The number of benzene rings is 3. The van der Waals surface area contributed by atoms with E-state index >= 15 is 0 Å². The molecule has 160 valence electrons. The molecular weight excluding hydrogens is 421 g/mol. The van der Waals surface area contributed by atoms with Gasteiger partial charge in [-0.2, -0.15) is 0 Å². The van der Waals surface area contributed by atoms with E-state index in [1.165, 1.54) is 43.3 Å². The number of amides is 2. The molecule has 0 radical (unpaired) electrons. The molecule has 0 atom stereocenters. The molecule has 0 fully saturated rings. The zero-order chi connectivity index (χ0) is 22.6. The lowest BCUT2D eigenvalue weighted by Crippen LogP contribution is -2.16. The molecule has 0 saturated heterocycles. The highest BCUT2D eigenvalue weighted by atomic mass is 32.2. The van der Waals surface area contributed by atoms with E-state index < -0.39 is 21.7 Å². The van der Waals surface area contributed by atoms with E-state index in [1.54, 1.807) is 18.2 Å². The first-order valence-electron chi connectivity index (χ1n) is 9.22. The van der Waals surface area contributed by atoms with E-state index in [0.29, 0.717) is 11.4 Å². The zero-order valence-electron chi connectivity index (χ0n) is 16.8. The largest absolute Gasteiger partial charge is 0.326 e. The number of carbonyl (C=O) groups excluding carboxylic acids is 2. The van der Waals surface area contributed by atoms with Crippen molar-refractivity contribution in [3.63, 3.8) is 0 Å². The molecule has 3 N–H and O–H groups in total. The van der Waals surface area contributed by atoms with E-state index in [-0.39, 0.29) is 22.1 Å². The van der Waals surface area contributed by atoms with Crippen molar-refractivity contribution in [2.75, 3.05) is 15.4 Å². The summed E-state index contributed by atoms with van der Waals surface area (Å²) in [4.78, 5) is 23.7. The number of hydrogen-bond donors (Lipinski definition) is 3. The van der Waals surface area contributed by atoms with E-state index in [0.717, 1.165) is 11.6 Å². The fourth-order valence-corrected chi connectivity index (χ4v) is 3.92. The molecule has 0 aliphatic rings. The predicted molar refractivity (Wildman–Crippen MR) is 117 cm³/mol. The summed E-state index contributed by atoms with van der Waals surface area (Å²) in [5, 5.41) is 4.89. The van der Waals surface area contributed by atoms with Crippen LogP contribution in [0, 0.1) is 12.7 Å². The smallest absolute Gasteiger partial charge is 0.261 e. The van der Waals surface area contributed by atoms with Gasteiger partial charge in [0.1, 0.15) is 5.82 Å². The molecule has 31 heavy (non-hydrogen) atoms. The summed E-state index contributed by atoms with van der Waals surface area (Å²) in [6, 6.07) is 16.0. The Morgan fingerprint density at radius 2 is 1.61 bits per heavy atom. The summed E-state index contributed by atoms with van der Waals surface area (Å²) in [7, 11) is -3.94. The van der Waals surface area contributed by atoms with E-state index in [1.807, 2.05) is 13.0 Å². The average molecular weight is 441 g/mol. The van der Waals surface area contributed by atoms with Gasteiger partial charge in [0.25, 0.3) is 15.9 Å². The van der Waals surface area contributed by atoms with Crippen molar-refractivity contribution in [2.24, 2.45) is 0 Å². The maximum Gasteiger partial charge on any atom is 0.261 e. The van der Waals surface area contributed by atoms with Crippen molar-refractivity contribution in [2.45, 2.75) is 18.7 Å². The average Bonchev–Trinajstić information content (AvgIpc) is 2.70. The maximum atomic E-state index is 14.1. The van der Waals surface area contributed by atoms with Crippen LogP contribution < -0.4 is 15.4 Å². The summed E-state index contributed by atoms with van der Waals surface area (Å²) in [6.45, 7) is 3.14. The molecule has 0 saturated carbocycles. The van der Waals surface area contributed by atoms with Gasteiger partial charge >= 0.3 is 0 Å². The lowest BCUT2D eigenvalue weighted by Gasteiger charge is -2.11. The van der Waals surface area contributed by atoms with Crippen LogP contribution in [-0.4, -0.2) is 20.2 Å². The molecule has 3 aromatic carbocycles. The van der Waals surface area contributed by atoms with Crippen LogP contribution in [0.2, 0.25) is 0 Å². The summed E-state index contributed by atoms with van der Waals surface area (Å²) < 4.78 is 42.0. The van der Waals surface area contributed by atoms with Crippen molar-refractivity contribution in [1.82, 2.24) is 0 Å². The molecule has 3 rings (SSSR count). The summed E-state index contributed by atoms with van der Waals surface area (Å²) >= 11 is 0. The molecular formula is C22H20FN3O4S. The predicted octanol–water partition coefficient (Wildman–Crippen LogP) is 4.15. The highest BCUT2D eigenvalue weighted by molar-refractivity contribution is 7.92. The fraction of sp³-hybridized carbons (Fsp3) is 0.0909. The third kappa shape index (κ3) is 5.67. The molecule has 7 nitrogen and oxygen atoms in total. The highest BCUT2D eigenvalue weighted by Crippen LogP contribution is 2.22. The van der Waals surface area contributed by atoms with Crippen LogP contribution in [0.4, 0.5) is 21.5 Å². The van der Waals surface area contributed by atoms with Crippen molar-refractivity contribution in [1.29, 1.82) is 0 Å². The molecule has 9 heteroatoms. The normalized spacial score (nSPS) is 10.9. The van der Waals surface area contributed by atoms with Crippen LogP contribution in [-0.2, 0) is 14.8 Å². The topological polar surface area (TPSA) is 104 Å². The molecule has 0 aromatic heterocycles. The molecule has 0 spiro atoms. The SMILES string of the molecule is CC(=O)Nc1ccc(F)c(NC(=O)c2cccc(S(=O)(=O)Nc3cccc(C)c3)c2)c1. The first kappa shape index (κ1) is 22.0. The minimum Gasteiger partial charge on any atom is -0.326 e. The Morgan fingerprint density at radius 3 is 2.32 bits per heavy atom. The van der Waals surface area contributed by atoms with Gasteiger partial charge in [-0.15, -0.1) is 0 Å². The highest BCUT2D eigenvalue weighted by Gasteiger charge is 2.17. The summed E-state index contributed by atoms with van der Waals surface area (Å²) in [5.41, 5.74) is 1.46. The van der Waals surface area contributed by atoms with Crippen LogP contribution in [0.5, 0.6) is 0 Å². The van der Waals surface area contributed by atoms with Gasteiger partial charge in [-0.1, -0.05) is 18.2 Å². The van der Waals surface area contributed by atoms with Crippen molar-refractivity contribution < 1.29 is 22.4 Å². The van der Waals surface area contributed by atoms with Gasteiger partial charge in [0.05, 0.1) is 10.6 Å². The number of nitrogens with one attached hydrogen (secondary N) is 3. The van der Waals surface area contributed by atoms with E-state index in [4.69, 9.17) is 0 Å². The molecule has 0 aliphatic heterocycles. The number of anilines is 3. The second-order valence-corrected chi connectivity index (χ2v) is 8.52. The Hall–Kier alpha value is -3.72. The molecule has 0 aliphatic carbocycles. The van der Waals surface area contributed by atoms with Crippen LogP contribution in [0.3, 0.4) is 0 Å². The minimum absolute atomic E-state index is 0.0245. The van der Waals surface area contributed by atoms with Crippen molar-refractivity contribution in [3.8, 4) is 0 Å². The van der Waals surface area contributed by atoms with E-state index in [2.05, 4.69) is 15.4 Å². The van der Waals surface area contributed by atoms with Crippen LogP contribution in [0.25, 0.3) is 0 Å². The number of halogens is 1. The van der Waals surface area contributed by atoms with Gasteiger partial charge in [-0.3, -0.25) is 14.3 Å². The summed E-state index contributed by atoms with van der Waals surface area (Å²) in [6.07, 6.45) is 0. The Labute approximate surface area is 179 Å². The van der Waals surface area contributed by atoms with Gasteiger partial charge in [0, 0.05) is 23.9 Å². The number of aryl methyl sites for hydroxylation is 1. The lowest BCUT2D eigenvalue weighted by atomic mass is 10.2. The van der Waals surface area contributed by atoms with Crippen LogP contribution in [0.15, 0.2) is 71.6 Å². The third-order valence-electron chi connectivity index (χ3n) is 4.21. The van der Waals surface area contributed by atoms with Gasteiger partial charge < -0.3 is 10.6 Å². The second kappa shape index (κ2) is 8.97. The molecule has 0 heterocycles. The Balaban J connectivity index is 1.83. The molecule has 3 aromatic rings. The summed E-state index contributed by atoms with van der Waals surface area (Å²) in [5.74, 6) is -1.75. The molecule has 0 unspecified atom stereocenters. The Kier molecular flexibility index (Phi) is 6.36. The number of carbonyl (C=O) groups is 2. The van der Waals surface area contributed by atoms with Gasteiger partial charge in [0.15, 0.2) is 0 Å². The molecule has 2 amide bonds. The zero-order valence-corrected chi connectivity index (χ0v) is 17.6. The standard InChI is InChI=1S/C22H20FN3O4S/c1-14-5-3-7-18(11-14)26-31(29,30)19-8-4-6-16(12-19)22(28)25-21-13-17(24-15(2)27)9-10-20(21)23/h3-13,26H,1-2H3,(H,24,27)(H,25,28). The number of sulfonamides is 1. The monoisotopic (exact) mass is 441 g/mol. The van der Waals surface area contributed by atoms with Crippen LogP contribution in [0.1, 0.15) is 22.8 Å². The first-order chi connectivity index (χ1) is 14.6. The fourth-order valence-electron chi connectivity index (χ4n) is 2.82. The number of hydrogen-bond acceptors (Lipinski definition) is 4. The quantitative estimate of drug-likeness (QED) is 0.535. The van der Waals surface area contributed by atoms with Crippen molar-refractivity contribution in [3.05, 3.63) is 83.7 Å². The molecule has 0 bridgehead atoms. The first-order valence-corrected chi connectivity index (χ1v) is 10.7. The van der Waals surface area contributed by atoms with Gasteiger partial charge in [-0.05, 0) is 61.0 Å². The maximum absolute atomic E-state index is 14.1. The lowest BCUT2D eigenvalue weighted by molar-refractivity contribution is -0.114. The van der Waals surface area contributed by atoms with Crippen LogP contribution >= 0.6 is 0 Å².